The van der Waals surface area contributed by atoms with Crippen LogP contribution in [0, 0.1) is 0 Å². The average Bonchev–Trinajstić information content (AvgIpc) is 3.33. The van der Waals surface area contributed by atoms with Crippen molar-refractivity contribution >= 4 is 17.2 Å². The molecule has 1 amide bonds. The maximum absolute atomic E-state index is 13.9. The molecule has 0 aliphatic heterocycles. The summed E-state index contributed by atoms with van der Waals surface area (Å²) < 4.78 is 42.5. The molecule has 3 aromatic carbocycles. The van der Waals surface area contributed by atoms with E-state index in [9.17, 15) is 18.0 Å². The lowest BCUT2D eigenvalue weighted by Crippen LogP contribution is -2.15. The number of nitrogens with one attached hydrogen (secondary N) is 1. The van der Waals surface area contributed by atoms with E-state index in [1.165, 1.54) is 0 Å². The first-order valence-corrected chi connectivity index (χ1v) is 11.7. The molecular weight excluding hydrogens is 477 g/mol. The van der Waals surface area contributed by atoms with Crippen molar-refractivity contribution in [3.05, 3.63) is 108 Å². The number of anilines is 1. The van der Waals surface area contributed by atoms with E-state index in [1.54, 1.807) is 24.3 Å². The Morgan fingerprint density at radius 2 is 1.49 bits per heavy atom. The van der Waals surface area contributed by atoms with Crippen LogP contribution in [0.5, 0.6) is 0 Å². The number of carbonyl (C=O) groups is 1. The summed E-state index contributed by atoms with van der Waals surface area (Å²) in [5.41, 5.74) is 2.95. The zero-order valence-electron chi connectivity index (χ0n) is 20.1. The number of benzene rings is 3. The van der Waals surface area contributed by atoms with Gasteiger partial charge in [-0.15, -0.1) is 0 Å². The molecule has 0 spiro atoms. The third-order valence-corrected chi connectivity index (χ3v) is 6.13. The summed E-state index contributed by atoms with van der Waals surface area (Å²) in [7, 11) is 0. The zero-order chi connectivity index (χ0) is 26.2. The van der Waals surface area contributed by atoms with E-state index in [-0.39, 0.29) is 22.8 Å². The summed E-state index contributed by atoms with van der Waals surface area (Å²) in [6.45, 7) is 4.07. The first-order valence-electron chi connectivity index (χ1n) is 11.7. The normalized spacial score (nSPS) is 11.7. The van der Waals surface area contributed by atoms with E-state index < -0.39 is 17.8 Å². The molecule has 0 radical (unpaired) electrons. The van der Waals surface area contributed by atoms with Crippen molar-refractivity contribution in [3.8, 4) is 22.4 Å². The molecule has 0 unspecified atom stereocenters. The van der Waals surface area contributed by atoms with Crippen molar-refractivity contribution in [3.63, 3.8) is 0 Å². The van der Waals surface area contributed by atoms with Crippen molar-refractivity contribution in [2.24, 2.45) is 0 Å². The Bertz CT molecular complexity index is 1560. The largest absolute Gasteiger partial charge is 0.433 e. The molecule has 8 heteroatoms. The van der Waals surface area contributed by atoms with Gasteiger partial charge in [0.1, 0.15) is 5.56 Å². The van der Waals surface area contributed by atoms with Gasteiger partial charge in [-0.2, -0.15) is 18.3 Å². The number of nitrogens with zero attached hydrogens (tertiary/aromatic N) is 3. The highest BCUT2D eigenvalue weighted by atomic mass is 19.4. The average molecular weight is 501 g/mol. The van der Waals surface area contributed by atoms with Crippen molar-refractivity contribution in [2.75, 3.05) is 5.32 Å². The van der Waals surface area contributed by atoms with Crippen molar-refractivity contribution < 1.29 is 18.0 Å². The molecule has 2 heterocycles. The van der Waals surface area contributed by atoms with Crippen LogP contribution in [0.15, 0.2) is 91.1 Å². The molecule has 0 bridgehead atoms. The van der Waals surface area contributed by atoms with E-state index in [2.05, 4.69) is 15.4 Å². The quantitative estimate of drug-likeness (QED) is 0.273. The van der Waals surface area contributed by atoms with Crippen LogP contribution in [0.25, 0.3) is 28.0 Å². The number of hydrogen-bond donors (Lipinski definition) is 1. The molecular formula is C29H23F3N4O. The summed E-state index contributed by atoms with van der Waals surface area (Å²) in [6.07, 6.45) is -3.59. The van der Waals surface area contributed by atoms with Crippen LogP contribution in [-0.2, 0) is 6.18 Å². The van der Waals surface area contributed by atoms with Crippen LogP contribution in [0.2, 0.25) is 0 Å². The lowest BCUT2D eigenvalue weighted by molar-refractivity contribution is -0.142. The van der Waals surface area contributed by atoms with Gasteiger partial charge in [0.15, 0.2) is 11.3 Å². The molecule has 0 saturated carbocycles. The van der Waals surface area contributed by atoms with E-state index >= 15 is 0 Å². The van der Waals surface area contributed by atoms with Crippen LogP contribution in [0.4, 0.5) is 18.9 Å². The Hall–Kier alpha value is -4.46. The predicted octanol–water partition coefficient (Wildman–Crippen LogP) is 7.46. The minimum atomic E-state index is -4.69. The first kappa shape index (κ1) is 24.2. The number of amides is 1. The second kappa shape index (κ2) is 9.54. The summed E-state index contributed by atoms with van der Waals surface area (Å²) in [5.74, 6) is -0.322. The number of carbonyl (C=O) groups excluding carboxylic acids is 1. The van der Waals surface area contributed by atoms with Gasteiger partial charge in [-0.05, 0) is 40.8 Å². The van der Waals surface area contributed by atoms with Gasteiger partial charge in [-0.1, -0.05) is 80.6 Å². The molecule has 0 aliphatic rings. The molecule has 5 nitrogen and oxygen atoms in total. The number of fused-ring (bicyclic) bond motifs is 1. The number of rotatable bonds is 5. The lowest BCUT2D eigenvalue weighted by Gasteiger charge is -2.12. The molecule has 37 heavy (non-hydrogen) atoms. The molecule has 1 N–H and O–H groups in total. The van der Waals surface area contributed by atoms with Gasteiger partial charge in [0, 0.05) is 11.3 Å². The Labute approximate surface area is 211 Å². The highest BCUT2D eigenvalue weighted by Crippen LogP contribution is 2.33. The molecule has 0 fully saturated rings. The summed E-state index contributed by atoms with van der Waals surface area (Å²) in [4.78, 5) is 17.5. The van der Waals surface area contributed by atoms with Crippen LogP contribution in [-0.4, -0.2) is 20.5 Å². The van der Waals surface area contributed by atoms with E-state index in [0.717, 1.165) is 29.0 Å². The third kappa shape index (κ3) is 4.95. The van der Waals surface area contributed by atoms with Gasteiger partial charge < -0.3 is 5.32 Å². The molecule has 0 saturated heterocycles. The molecule has 0 aliphatic carbocycles. The molecule has 5 rings (SSSR count). The second-order valence-electron chi connectivity index (χ2n) is 8.99. The predicted molar refractivity (Wildman–Crippen MR) is 137 cm³/mol. The summed E-state index contributed by atoms with van der Waals surface area (Å²) >= 11 is 0. The zero-order valence-corrected chi connectivity index (χ0v) is 20.1. The molecule has 2 aromatic heterocycles. The summed E-state index contributed by atoms with van der Waals surface area (Å²) in [6, 6.07) is 25.1. The Morgan fingerprint density at radius 1 is 0.865 bits per heavy atom. The summed E-state index contributed by atoms with van der Waals surface area (Å²) in [5, 5.41) is 6.59. The van der Waals surface area contributed by atoms with Gasteiger partial charge in [0.2, 0.25) is 0 Å². The highest BCUT2D eigenvalue weighted by Gasteiger charge is 2.36. The Balaban J connectivity index is 1.50. The van der Waals surface area contributed by atoms with Gasteiger partial charge >= 0.3 is 6.18 Å². The van der Waals surface area contributed by atoms with Crippen molar-refractivity contribution in [1.82, 2.24) is 14.6 Å². The minimum absolute atomic E-state index is 0.0571. The Kier molecular flexibility index (Phi) is 6.25. The number of alkyl halides is 3. The van der Waals surface area contributed by atoms with Crippen LogP contribution in [0.3, 0.4) is 0 Å². The number of hydrogen-bond acceptors (Lipinski definition) is 3. The fraction of sp³-hybridized carbons (Fsp3) is 0.138. The topological polar surface area (TPSA) is 59.3 Å². The van der Waals surface area contributed by atoms with Gasteiger partial charge in [-0.25, -0.2) is 9.50 Å². The van der Waals surface area contributed by atoms with Crippen LogP contribution >= 0.6 is 0 Å². The maximum atomic E-state index is 13.9. The second-order valence-corrected chi connectivity index (χ2v) is 8.99. The monoisotopic (exact) mass is 500 g/mol. The van der Waals surface area contributed by atoms with Crippen LogP contribution in [0.1, 0.15) is 41.4 Å². The SMILES string of the molecule is CC(C)c1ccc(-c2cc(C(F)(F)F)n3ncc(C(=O)Nc4ccc(-c5ccccc5)cc4)c3n2)cc1. The van der Waals surface area contributed by atoms with Crippen molar-refractivity contribution in [2.45, 2.75) is 25.9 Å². The molecule has 186 valence electrons. The van der Waals surface area contributed by atoms with E-state index in [1.807, 2.05) is 68.4 Å². The standard InChI is InChI=1S/C29H23F3N4O/c1-18(2)19-8-10-22(11-9-19)25-16-26(29(30,31)32)36-27(35-25)24(17-33-36)28(37)34-23-14-12-21(13-15-23)20-6-4-3-5-7-20/h3-18H,1-2H3,(H,34,37). The van der Waals surface area contributed by atoms with Crippen LogP contribution < -0.4 is 5.32 Å². The fourth-order valence-corrected chi connectivity index (χ4v) is 4.09. The third-order valence-electron chi connectivity index (χ3n) is 6.13. The smallest absolute Gasteiger partial charge is 0.322 e. The number of aromatic nitrogens is 3. The van der Waals surface area contributed by atoms with Gasteiger partial charge in [0.25, 0.3) is 5.91 Å². The van der Waals surface area contributed by atoms with E-state index in [4.69, 9.17) is 0 Å². The lowest BCUT2D eigenvalue weighted by atomic mass is 10.0. The number of halogens is 3. The molecule has 5 aromatic rings. The Morgan fingerprint density at radius 3 is 2.11 bits per heavy atom. The van der Waals surface area contributed by atoms with Crippen molar-refractivity contribution in [1.29, 1.82) is 0 Å². The highest BCUT2D eigenvalue weighted by molar-refractivity contribution is 6.08. The fourth-order valence-electron chi connectivity index (χ4n) is 4.09. The minimum Gasteiger partial charge on any atom is -0.322 e. The van der Waals surface area contributed by atoms with Gasteiger partial charge in [-0.3, -0.25) is 4.79 Å². The van der Waals surface area contributed by atoms with Gasteiger partial charge in [0.05, 0.1) is 11.9 Å². The maximum Gasteiger partial charge on any atom is 0.433 e. The van der Waals surface area contributed by atoms with E-state index in [0.29, 0.717) is 15.8 Å². The first-order chi connectivity index (χ1) is 17.7. The molecule has 0 atom stereocenters.